The summed E-state index contributed by atoms with van der Waals surface area (Å²) in [5, 5.41) is 0.646. The Morgan fingerprint density at radius 2 is 2.04 bits per heavy atom. The van der Waals surface area contributed by atoms with Crippen LogP contribution in [0.3, 0.4) is 0 Å². The molecular weight excluding hydrogens is 374 g/mol. The Kier molecular flexibility index (Phi) is 5.80. The lowest BCUT2D eigenvalue weighted by atomic mass is 9.68. The maximum Gasteiger partial charge on any atom is 0.0812 e. The van der Waals surface area contributed by atoms with Gasteiger partial charge < -0.3 is 20.9 Å². The summed E-state index contributed by atoms with van der Waals surface area (Å²) in [6, 6.07) is 15.4. The molecule has 0 aromatic heterocycles. The quantitative estimate of drug-likeness (QED) is 0.805. The highest BCUT2D eigenvalue weighted by Crippen LogP contribution is 2.44. The maximum absolute atomic E-state index is 6.97. The molecule has 5 nitrogen and oxygen atoms in total. The van der Waals surface area contributed by atoms with Crippen molar-refractivity contribution in [3.05, 3.63) is 64.7 Å². The van der Waals surface area contributed by atoms with E-state index in [0.717, 1.165) is 29.7 Å². The highest BCUT2D eigenvalue weighted by molar-refractivity contribution is 6.30. The minimum Gasteiger partial charge on any atom is -0.376 e. The smallest absolute Gasteiger partial charge is 0.0812 e. The average Bonchev–Trinajstić information content (AvgIpc) is 2.72. The molecule has 0 aliphatic carbocycles. The first-order chi connectivity index (χ1) is 13.6. The van der Waals surface area contributed by atoms with E-state index in [1.54, 1.807) is 6.21 Å². The SMILES string of the molecule is NC1C=Nc2ccc(Cl)cc2C1(N)[C@H]1CCO[C@@H](COCc2ccccc2)C1. The number of fused-ring (bicyclic) bond motifs is 1. The minimum atomic E-state index is -0.719. The van der Waals surface area contributed by atoms with Crippen molar-refractivity contribution < 1.29 is 9.47 Å². The normalized spacial score (nSPS) is 29.5. The van der Waals surface area contributed by atoms with E-state index in [-0.39, 0.29) is 18.1 Å². The van der Waals surface area contributed by atoms with Gasteiger partial charge in [0.25, 0.3) is 0 Å². The Hall–Kier alpha value is -1.76. The number of rotatable bonds is 5. The molecule has 4 N–H and O–H groups in total. The highest BCUT2D eigenvalue weighted by atomic mass is 35.5. The first-order valence-corrected chi connectivity index (χ1v) is 10.1. The fourth-order valence-electron chi connectivity index (χ4n) is 4.24. The molecule has 1 saturated heterocycles. The predicted molar refractivity (Wildman–Crippen MR) is 112 cm³/mol. The Balaban J connectivity index is 1.46. The second-order valence-electron chi connectivity index (χ2n) is 7.61. The lowest BCUT2D eigenvalue weighted by Gasteiger charge is -2.46. The van der Waals surface area contributed by atoms with Gasteiger partial charge in [0.15, 0.2) is 0 Å². The minimum absolute atomic E-state index is 0.00316. The fraction of sp³-hybridized carbons (Fsp3) is 0.409. The van der Waals surface area contributed by atoms with Crippen molar-refractivity contribution in [2.24, 2.45) is 22.4 Å². The summed E-state index contributed by atoms with van der Waals surface area (Å²) < 4.78 is 11.8. The molecule has 4 atom stereocenters. The van der Waals surface area contributed by atoms with Crippen LogP contribution in [-0.2, 0) is 21.6 Å². The summed E-state index contributed by atoms with van der Waals surface area (Å²) in [4.78, 5) is 4.46. The summed E-state index contributed by atoms with van der Waals surface area (Å²) >= 11 is 6.25. The molecule has 28 heavy (non-hydrogen) atoms. The second kappa shape index (κ2) is 8.31. The lowest BCUT2D eigenvalue weighted by Crippen LogP contribution is -2.60. The zero-order chi connectivity index (χ0) is 19.6. The van der Waals surface area contributed by atoms with Gasteiger partial charge in [-0.15, -0.1) is 0 Å². The monoisotopic (exact) mass is 399 g/mol. The molecule has 0 radical (unpaired) electrons. The summed E-state index contributed by atoms with van der Waals surface area (Å²) in [6.45, 7) is 1.75. The molecule has 2 aliphatic heterocycles. The Morgan fingerprint density at radius 3 is 2.86 bits per heavy atom. The summed E-state index contributed by atoms with van der Waals surface area (Å²) in [6.07, 6.45) is 3.39. The molecule has 1 fully saturated rings. The molecule has 2 aromatic rings. The van der Waals surface area contributed by atoms with Gasteiger partial charge in [0.05, 0.1) is 36.6 Å². The zero-order valence-corrected chi connectivity index (χ0v) is 16.5. The predicted octanol–water partition coefficient (Wildman–Crippen LogP) is 3.55. The topological polar surface area (TPSA) is 82.9 Å². The van der Waals surface area contributed by atoms with Gasteiger partial charge in [0.1, 0.15) is 0 Å². The number of hydrogen-bond donors (Lipinski definition) is 2. The van der Waals surface area contributed by atoms with Crippen LogP contribution in [0.5, 0.6) is 0 Å². The van der Waals surface area contributed by atoms with Gasteiger partial charge in [0.2, 0.25) is 0 Å². The first kappa shape index (κ1) is 19.6. The third-order valence-corrected chi connectivity index (χ3v) is 6.04. The van der Waals surface area contributed by atoms with Crippen LogP contribution in [0, 0.1) is 5.92 Å². The van der Waals surface area contributed by atoms with Gasteiger partial charge in [-0.2, -0.15) is 0 Å². The van der Waals surface area contributed by atoms with E-state index in [1.165, 1.54) is 0 Å². The van der Waals surface area contributed by atoms with E-state index < -0.39 is 5.54 Å². The lowest BCUT2D eigenvalue weighted by molar-refractivity contribution is -0.0733. The molecule has 2 aliphatic rings. The fourth-order valence-corrected chi connectivity index (χ4v) is 4.41. The van der Waals surface area contributed by atoms with Crippen LogP contribution in [0.1, 0.15) is 24.0 Å². The van der Waals surface area contributed by atoms with E-state index in [9.17, 15) is 0 Å². The number of aliphatic imine (C=N–C) groups is 1. The van der Waals surface area contributed by atoms with Crippen LogP contribution in [0.4, 0.5) is 5.69 Å². The van der Waals surface area contributed by atoms with Crippen LogP contribution < -0.4 is 11.5 Å². The van der Waals surface area contributed by atoms with E-state index >= 15 is 0 Å². The number of halogens is 1. The summed E-state index contributed by atoms with van der Waals surface area (Å²) in [7, 11) is 0. The van der Waals surface area contributed by atoms with Crippen molar-refractivity contribution in [2.45, 2.75) is 37.1 Å². The number of hydrogen-bond acceptors (Lipinski definition) is 5. The number of ether oxygens (including phenoxy) is 2. The van der Waals surface area contributed by atoms with Crippen LogP contribution >= 0.6 is 11.6 Å². The van der Waals surface area contributed by atoms with Crippen molar-refractivity contribution in [1.82, 2.24) is 0 Å². The van der Waals surface area contributed by atoms with Crippen LogP contribution in [0.15, 0.2) is 53.5 Å². The largest absolute Gasteiger partial charge is 0.376 e. The van der Waals surface area contributed by atoms with Crippen molar-refractivity contribution in [3.8, 4) is 0 Å². The zero-order valence-electron chi connectivity index (χ0n) is 15.8. The van der Waals surface area contributed by atoms with E-state index in [4.69, 9.17) is 32.5 Å². The van der Waals surface area contributed by atoms with Crippen molar-refractivity contribution >= 4 is 23.5 Å². The van der Waals surface area contributed by atoms with Crippen molar-refractivity contribution in [2.75, 3.05) is 13.2 Å². The first-order valence-electron chi connectivity index (χ1n) is 9.69. The van der Waals surface area contributed by atoms with Crippen molar-refractivity contribution in [1.29, 1.82) is 0 Å². The molecule has 2 aromatic carbocycles. The van der Waals surface area contributed by atoms with Gasteiger partial charge in [0, 0.05) is 23.4 Å². The molecular formula is C22H26ClN3O2. The molecule has 2 heterocycles. The third-order valence-electron chi connectivity index (χ3n) is 5.81. The van der Waals surface area contributed by atoms with Gasteiger partial charge in [-0.3, -0.25) is 4.99 Å². The number of nitrogens with zero attached hydrogens (tertiary/aromatic N) is 1. The van der Waals surface area contributed by atoms with Crippen LogP contribution in [0.25, 0.3) is 0 Å². The standard InChI is InChI=1S/C22H26ClN3O2/c23-17-6-7-20-19(11-17)22(25,21(24)12-26-20)16-8-9-28-18(10-16)14-27-13-15-4-2-1-3-5-15/h1-7,11-12,16,18,21H,8-10,13-14,24-25H2/t16-,18+,21?,22?/m0/s1. The van der Waals surface area contributed by atoms with Gasteiger partial charge in [-0.25, -0.2) is 0 Å². The Labute approximate surface area is 170 Å². The summed E-state index contributed by atoms with van der Waals surface area (Å²) in [5.74, 6) is 0.158. The average molecular weight is 400 g/mol. The van der Waals surface area contributed by atoms with E-state index in [1.807, 2.05) is 36.4 Å². The number of nitrogens with two attached hydrogens (primary N) is 2. The molecule has 0 bridgehead atoms. The van der Waals surface area contributed by atoms with Gasteiger partial charge in [-0.05, 0) is 42.5 Å². The van der Waals surface area contributed by atoms with Crippen LogP contribution in [0.2, 0.25) is 5.02 Å². The molecule has 6 heteroatoms. The highest BCUT2D eigenvalue weighted by Gasteiger charge is 2.46. The Morgan fingerprint density at radius 1 is 1.21 bits per heavy atom. The van der Waals surface area contributed by atoms with Crippen LogP contribution in [-0.4, -0.2) is 31.6 Å². The molecule has 0 saturated carbocycles. The molecule has 0 amide bonds. The maximum atomic E-state index is 6.97. The second-order valence-corrected chi connectivity index (χ2v) is 8.05. The van der Waals surface area contributed by atoms with E-state index in [0.29, 0.717) is 24.8 Å². The summed E-state index contributed by atoms with van der Waals surface area (Å²) in [5.41, 5.74) is 15.6. The van der Waals surface area contributed by atoms with Gasteiger partial charge >= 0.3 is 0 Å². The number of benzene rings is 2. The molecule has 2 unspecified atom stereocenters. The van der Waals surface area contributed by atoms with E-state index in [2.05, 4.69) is 17.1 Å². The molecule has 0 spiro atoms. The Bertz CT molecular complexity index is 845. The van der Waals surface area contributed by atoms with Gasteiger partial charge in [-0.1, -0.05) is 41.9 Å². The molecule has 4 rings (SSSR count). The van der Waals surface area contributed by atoms with Crippen molar-refractivity contribution in [3.63, 3.8) is 0 Å². The third kappa shape index (κ3) is 3.86. The molecule has 148 valence electrons.